The minimum Gasteiger partial charge on any atom is -0.343 e. The van der Waals surface area contributed by atoms with Crippen LogP contribution in [0.2, 0.25) is 0 Å². The van der Waals surface area contributed by atoms with Crippen molar-refractivity contribution in [1.82, 2.24) is 19.7 Å². The van der Waals surface area contributed by atoms with Crippen LogP contribution in [0.4, 0.5) is 9.93 Å². The average Bonchev–Trinajstić information content (AvgIpc) is 3.28. The van der Waals surface area contributed by atoms with E-state index in [1.165, 1.54) is 55.8 Å². The second kappa shape index (κ2) is 12.4. The number of likely N-dealkylation sites (tertiary alicyclic amines) is 2. The van der Waals surface area contributed by atoms with E-state index in [0.29, 0.717) is 11.2 Å². The van der Waals surface area contributed by atoms with Crippen molar-refractivity contribution in [2.45, 2.75) is 87.4 Å². The number of hydrogen-bond acceptors (Lipinski definition) is 6. The summed E-state index contributed by atoms with van der Waals surface area (Å²) in [7, 11) is 0. The highest BCUT2D eigenvalue weighted by molar-refractivity contribution is 8.01. The minimum absolute atomic E-state index is 0.0117. The fraction of sp³-hybridized carbons (Fsp3) is 0.792. The number of amides is 3. The summed E-state index contributed by atoms with van der Waals surface area (Å²) in [6.07, 6.45) is 13.4. The number of thioether (sulfide) groups is 1. The zero-order valence-corrected chi connectivity index (χ0v) is 21.6. The van der Waals surface area contributed by atoms with E-state index < -0.39 is 0 Å². The van der Waals surface area contributed by atoms with Crippen LogP contribution in [0.1, 0.15) is 71.1 Å². The Hall–Kier alpha value is -1.32. The van der Waals surface area contributed by atoms with Gasteiger partial charge in [-0.25, -0.2) is 9.78 Å². The summed E-state index contributed by atoms with van der Waals surface area (Å²) in [4.78, 5) is 36.3. The molecule has 1 aromatic rings. The van der Waals surface area contributed by atoms with Crippen LogP contribution in [0, 0.1) is 0 Å². The number of piperidine rings is 2. The summed E-state index contributed by atoms with van der Waals surface area (Å²) in [6, 6.07) is 0.482. The van der Waals surface area contributed by atoms with Gasteiger partial charge in [0.2, 0.25) is 5.91 Å². The molecule has 2 aliphatic heterocycles. The van der Waals surface area contributed by atoms with Crippen molar-refractivity contribution in [2.75, 3.05) is 43.8 Å². The van der Waals surface area contributed by atoms with Crippen LogP contribution >= 0.6 is 23.1 Å². The van der Waals surface area contributed by atoms with Crippen LogP contribution in [0.3, 0.4) is 0 Å². The van der Waals surface area contributed by atoms with Gasteiger partial charge in [-0.05, 0) is 51.6 Å². The van der Waals surface area contributed by atoms with Crippen molar-refractivity contribution in [3.63, 3.8) is 0 Å². The van der Waals surface area contributed by atoms with Crippen molar-refractivity contribution >= 4 is 40.2 Å². The van der Waals surface area contributed by atoms with Gasteiger partial charge < -0.3 is 14.7 Å². The molecule has 33 heavy (non-hydrogen) atoms. The molecule has 0 unspecified atom stereocenters. The fourth-order valence-corrected chi connectivity index (χ4v) is 7.39. The lowest BCUT2D eigenvalue weighted by Crippen LogP contribution is -2.54. The van der Waals surface area contributed by atoms with Gasteiger partial charge in [-0.2, -0.15) is 0 Å². The Labute approximate surface area is 206 Å². The SMILES string of the molecule is CC(=O)N1CCC(N(C(=O)Nc2ncc(SCCN3CCCCC3)s2)C2CCCCC2)CC1. The molecule has 3 amide bonds. The first kappa shape index (κ1) is 24.8. The maximum absolute atomic E-state index is 13.4. The molecule has 2 saturated heterocycles. The summed E-state index contributed by atoms with van der Waals surface area (Å²) in [6.45, 7) is 6.70. The van der Waals surface area contributed by atoms with Gasteiger partial charge in [-0.3, -0.25) is 10.1 Å². The average molecular weight is 494 g/mol. The smallest absolute Gasteiger partial charge is 0.324 e. The lowest BCUT2D eigenvalue weighted by molar-refractivity contribution is -0.130. The van der Waals surface area contributed by atoms with Crippen LogP contribution in [-0.2, 0) is 4.79 Å². The molecule has 3 heterocycles. The van der Waals surface area contributed by atoms with Crippen molar-refractivity contribution < 1.29 is 9.59 Å². The number of urea groups is 1. The molecular formula is C24H39N5O2S2. The van der Waals surface area contributed by atoms with E-state index in [4.69, 9.17) is 0 Å². The summed E-state index contributed by atoms with van der Waals surface area (Å²) >= 11 is 3.43. The topological polar surface area (TPSA) is 68.8 Å². The quantitative estimate of drug-likeness (QED) is 0.547. The van der Waals surface area contributed by atoms with E-state index in [-0.39, 0.29) is 18.0 Å². The van der Waals surface area contributed by atoms with E-state index in [1.54, 1.807) is 18.3 Å². The number of carbonyl (C=O) groups is 2. The molecule has 0 atom stereocenters. The molecule has 4 rings (SSSR count). The molecular weight excluding hydrogens is 454 g/mol. The van der Waals surface area contributed by atoms with Crippen LogP contribution in [0.15, 0.2) is 10.4 Å². The third-order valence-electron chi connectivity index (χ3n) is 7.30. The van der Waals surface area contributed by atoms with Crippen LogP contribution in [0.5, 0.6) is 0 Å². The normalized spacial score (nSPS) is 21.2. The van der Waals surface area contributed by atoms with Gasteiger partial charge in [0.25, 0.3) is 0 Å². The molecule has 1 N–H and O–H groups in total. The highest BCUT2D eigenvalue weighted by Crippen LogP contribution is 2.31. The largest absolute Gasteiger partial charge is 0.343 e. The molecule has 184 valence electrons. The van der Waals surface area contributed by atoms with Gasteiger partial charge in [0, 0.05) is 44.4 Å². The maximum atomic E-state index is 13.4. The van der Waals surface area contributed by atoms with Crippen molar-refractivity contribution in [2.24, 2.45) is 0 Å². The van der Waals surface area contributed by atoms with E-state index in [0.717, 1.165) is 51.1 Å². The van der Waals surface area contributed by atoms with Gasteiger partial charge in [0.1, 0.15) is 0 Å². The lowest BCUT2D eigenvalue weighted by atomic mass is 9.91. The second-order valence-electron chi connectivity index (χ2n) is 9.60. The predicted octanol–water partition coefficient (Wildman–Crippen LogP) is 4.90. The Morgan fingerprint density at radius 3 is 2.39 bits per heavy atom. The van der Waals surface area contributed by atoms with Gasteiger partial charge in [-0.15, -0.1) is 11.8 Å². The number of thiazole rings is 1. The Kier molecular flexibility index (Phi) is 9.32. The van der Waals surface area contributed by atoms with E-state index >= 15 is 0 Å². The van der Waals surface area contributed by atoms with E-state index in [1.807, 2.05) is 22.9 Å². The fourth-order valence-electron chi connectivity index (χ4n) is 5.45. The molecule has 0 aromatic carbocycles. The highest BCUT2D eigenvalue weighted by Gasteiger charge is 2.34. The zero-order valence-electron chi connectivity index (χ0n) is 20.0. The molecule has 0 radical (unpaired) electrons. The number of nitrogens with one attached hydrogen (secondary N) is 1. The Morgan fingerprint density at radius 2 is 1.70 bits per heavy atom. The van der Waals surface area contributed by atoms with Crippen LogP contribution in [-0.4, -0.2) is 82.2 Å². The lowest BCUT2D eigenvalue weighted by Gasteiger charge is -2.43. The Morgan fingerprint density at radius 1 is 1.03 bits per heavy atom. The first-order valence-electron chi connectivity index (χ1n) is 12.8. The molecule has 9 heteroatoms. The van der Waals surface area contributed by atoms with Crippen LogP contribution < -0.4 is 5.32 Å². The molecule has 3 fully saturated rings. The number of nitrogens with zero attached hydrogens (tertiary/aromatic N) is 4. The maximum Gasteiger partial charge on any atom is 0.324 e. The summed E-state index contributed by atoms with van der Waals surface area (Å²) < 4.78 is 1.17. The van der Waals surface area contributed by atoms with E-state index in [2.05, 4.69) is 20.1 Å². The monoisotopic (exact) mass is 493 g/mol. The third-order valence-corrected chi connectivity index (χ3v) is 9.39. The number of anilines is 1. The Bertz CT molecular complexity index is 769. The minimum atomic E-state index is -0.0117. The van der Waals surface area contributed by atoms with Gasteiger partial charge in [0.15, 0.2) is 5.13 Å². The summed E-state index contributed by atoms with van der Waals surface area (Å²) in [5, 5.41) is 3.82. The van der Waals surface area contributed by atoms with Crippen molar-refractivity contribution in [3.05, 3.63) is 6.20 Å². The van der Waals surface area contributed by atoms with Crippen molar-refractivity contribution in [3.8, 4) is 0 Å². The summed E-state index contributed by atoms with van der Waals surface area (Å²) in [5.41, 5.74) is 0. The Balaban J connectivity index is 1.32. The molecule has 7 nitrogen and oxygen atoms in total. The molecule has 3 aliphatic rings. The molecule has 0 bridgehead atoms. The first-order valence-corrected chi connectivity index (χ1v) is 14.6. The molecule has 1 saturated carbocycles. The molecule has 0 spiro atoms. The van der Waals surface area contributed by atoms with Gasteiger partial charge in [0.05, 0.1) is 10.4 Å². The standard InChI is InChI=1S/C24H39N5O2S2/c1-19(30)28-14-10-21(11-15-28)29(20-8-4-2-5-9-20)24(31)26-23-25-18-22(33-23)32-17-16-27-12-6-3-7-13-27/h18,20-21H,2-17H2,1H3,(H,25,26,31). The van der Waals surface area contributed by atoms with E-state index in [9.17, 15) is 9.59 Å². The first-order chi connectivity index (χ1) is 16.1. The second-order valence-corrected chi connectivity index (χ2v) is 12.0. The van der Waals surface area contributed by atoms with Crippen LogP contribution in [0.25, 0.3) is 0 Å². The third kappa shape index (κ3) is 7.09. The number of hydrogen-bond donors (Lipinski definition) is 1. The van der Waals surface area contributed by atoms with Gasteiger partial charge >= 0.3 is 6.03 Å². The summed E-state index contributed by atoms with van der Waals surface area (Å²) in [5.74, 6) is 1.20. The number of carbonyl (C=O) groups excluding carboxylic acids is 2. The molecule has 1 aromatic heterocycles. The number of rotatable bonds is 7. The van der Waals surface area contributed by atoms with Gasteiger partial charge in [-0.1, -0.05) is 37.0 Å². The predicted molar refractivity (Wildman–Crippen MR) is 136 cm³/mol. The molecule has 1 aliphatic carbocycles. The number of aromatic nitrogens is 1. The highest BCUT2D eigenvalue weighted by atomic mass is 32.2. The zero-order chi connectivity index (χ0) is 23.0. The van der Waals surface area contributed by atoms with Crippen molar-refractivity contribution in [1.29, 1.82) is 0 Å².